The van der Waals surface area contributed by atoms with Crippen molar-refractivity contribution < 1.29 is 5.11 Å². The molecule has 1 atom stereocenters. The molecule has 0 saturated heterocycles. The monoisotopic (exact) mass is 264 g/mol. The second-order valence-corrected chi connectivity index (χ2v) is 5.00. The smallest absolute Gasteiger partial charge is 0.205 e. The van der Waals surface area contributed by atoms with Crippen LogP contribution in [0.2, 0.25) is 0 Å². The number of rotatable bonds is 5. The lowest BCUT2D eigenvalue weighted by atomic mass is 10.1. The molecule has 1 heterocycles. The number of thioether (sulfide) groups is 1. The van der Waals surface area contributed by atoms with Gasteiger partial charge >= 0.3 is 0 Å². The number of aliphatic hydroxyl groups is 1. The van der Waals surface area contributed by atoms with Gasteiger partial charge in [-0.1, -0.05) is 24.3 Å². The second kappa shape index (κ2) is 5.97. The van der Waals surface area contributed by atoms with Crippen molar-refractivity contribution in [1.29, 1.82) is 0 Å². The maximum Gasteiger partial charge on any atom is 0.205 e. The zero-order chi connectivity index (χ0) is 13.0. The fourth-order valence-corrected chi connectivity index (χ4v) is 2.18. The summed E-state index contributed by atoms with van der Waals surface area (Å²) in [5.41, 5.74) is 2.09. The molecule has 0 aliphatic carbocycles. The molecule has 6 heteroatoms. The van der Waals surface area contributed by atoms with E-state index in [2.05, 4.69) is 15.4 Å². The highest BCUT2D eigenvalue weighted by Gasteiger charge is 2.10. The lowest BCUT2D eigenvalue weighted by Crippen LogP contribution is -2.20. The number of tetrazole rings is 1. The summed E-state index contributed by atoms with van der Waals surface area (Å²) in [6.07, 6.45) is 1.51. The van der Waals surface area contributed by atoms with E-state index in [0.717, 1.165) is 11.1 Å². The third-order valence-corrected chi connectivity index (χ3v) is 3.29. The lowest BCUT2D eigenvalue weighted by molar-refractivity contribution is 0.165. The Morgan fingerprint density at radius 3 is 2.89 bits per heavy atom. The number of nitrogens with zero attached hydrogens (tertiary/aromatic N) is 4. The molecule has 0 unspecified atom stereocenters. The molecule has 0 spiro atoms. The van der Waals surface area contributed by atoms with Crippen LogP contribution in [0.25, 0.3) is 11.4 Å². The molecule has 5 nitrogen and oxygen atoms in total. The average molecular weight is 264 g/mol. The second-order valence-electron chi connectivity index (χ2n) is 4.09. The Bertz CT molecular complexity index is 514. The van der Waals surface area contributed by atoms with Gasteiger partial charge in [0.05, 0.1) is 12.6 Å². The first kappa shape index (κ1) is 13.0. The lowest BCUT2D eigenvalue weighted by Gasteiger charge is -2.06. The van der Waals surface area contributed by atoms with Crippen LogP contribution in [0.1, 0.15) is 5.56 Å². The molecule has 2 rings (SSSR count). The molecule has 1 aromatic carbocycles. The predicted octanol–water partition coefficient (Wildman–Crippen LogP) is 1.37. The van der Waals surface area contributed by atoms with Crippen LogP contribution in [0.4, 0.5) is 0 Å². The fourth-order valence-electron chi connectivity index (χ4n) is 1.69. The average Bonchev–Trinajstić information content (AvgIpc) is 2.78. The molecule has 0 fully saturated rings. The van der Waals surface area contributed by atoms with Gasteiger partial charge in [0.25, 0.3) is 0 Å². The van der Waals surface area contributed by atoms with Gasteiger partial charge in [0, 0.05) is 11.3 Å². The Labute approximate surface area is 110 Å². The fraction of sp³-hybridized carbons (Fsp3) is 0.417. The first-order valence-corrected chi connectivity index (χ1v) is 7.11. The van der Waals surface area contributed by atoms with E-state index in [9.17, 15) is 5.11 Å². The van der Waals surface area contributed by atoms with E-state index in [1.54, 1.807) is 11.8 Å². The standard InChI is InChI=1S/C12H16N4OS/c1-9-5-3-4-6-11(9)12-13-15-16(14-12)7-10(17)8-18-2/h3-6,10,17H,7-8H2,1-2H3/t10-/m0/s1. The van der Waals surface area contributed by atoms with Gasteiger partial charge in [-0.25, -0.2) is 0 Å². The van der Waals surface area contributed by atoms with Crippen molar-refractivity contribution in [2.24, 2.45) is 0 Å². The number of hydrogen-bond acceptors (Lipinski definition) is 5. The van der Waals surface area contributed by atoms with Crippen molar-refractivity contribution in [2.75, 3.05) is 12.0 Å². The van der Waals surface area contributed by atoms with E-state index in [1.165, 1.54) is 4.80 Å². The SMILES string of the molecule is CSC[C@@H](O)Cn1nnc(-c2ccccc2C)n1. The molecule has 0 aliphatic rings. The molecule has 0 bridgehead atoms. The summed E-state index contributed by atoms with van der Waals surface area (Å²) < 4.78 is 0. The Hall–Kier alpha value is -1.40. The van der Waals surface area contributed by atoms with Crippen LogP contribution >= 0.6 is 11.8 Å². The van der Waals surface area contributed by atoms with E-state index in [1.807, 2.05) is 37.4 Å². The summed E-state index contributed by atoms with van der Waals surface area (Å²) >= 11 is 1.60. The highest BCUT2D eigenvalue weighted by Crippen LogP contribution is 2.17. The number of aromatic nitrogens is 4. The molecule has 0 aliphatic heterocycles. The molecule has 0 radical (unpaired) electrons. The molecule has 0 amide bonds. The minimum Gasteiger partial charge on any atom is -0.390 e. The number of aliphatic hydroxyl groups excluding tert-OH is 1. The van der Waals surface area contributed by atoms with Gasteiger partial charge in [0.1, 0.15) is 0 Å². The van der Waals surface area contributed by atoms with Crippen molar-refractivity contribution in [3.8, 4) is 11.4 Å². The molecule has 0 saturated carbocycles. The van der Waals surface area contributed by atoms with Gasteiger partial charge in [0.15, 0.2) is 0 Å². The maximum atomic E-state index is 9.69. The Morgan fingerprint density at radius 2 is 2.17 bits per heavy atom. The van der Waals surface area contributed by atoms with Crippen molar-refractivity contribution in [1.82, 2.24) is 20.2 Å². The maximum absolute atomic E-state index is 9.69. The molecular formula is C12H16N4OS. The van der Waals surface area contributed by atoms with Gasteiger partial charge in [0.2, 0.25) is 5.82 Å². The van der Waals surface area contributed by atoms with Crippen LogP contribution in [0, 0.1) is 6.92 Å². The summed E-state index contributed by atoms with van der Waals surface area (Å²) in [7, 11) is 0. The highest BCUT2D eigenvalue weighted by molar-refractivity contribution is 7.98. The third kappa shape index (κ3) is 3.08. The molecule has 1 aromatic heterocycles. The number of hydrogen-bond donors (Lipinski definition) is 1. The summed E-state index contributed by atoms with van der Waals surface area (Å²) in [6.45, 7) is 2.39. The van der Waals surface area contributed by atoms with Crippen LogP contribution in [0.5, 0.6) is 0 Å². The zero-order valence-corrected chi connectivity index (χ0v) is 11.3. The Balaban J connectivity index is 2.13. The first-order chi connectivity index (χ1) is 8.70. The summed E-state index contributed by atoms with van der Waals surface area (Å²) in [6, 6.07) is 7.91. The van der Waals surface area contributed by atoms with Gasteiger partial charge in [-0.3, -0.25) is 0 Å². The van der Waals surface area contributed by atoms with E-state index >= 15 is 0 Å². The number of benzene rings is 1. The minimum absolute atomic E-state index is 0.375. The quantitative estimate of drug-likeness (QED) is 0.883. The van der Waals surface area contributed by atoms with Crippen LogP contribution in [-0.2, 0) is 6.54 Å². The van der Waals surface area contributed by atoms with Crippen molar-refractivity contribution in [3.63, 3.8) is 0 Å². The zero-order valence-electron chi connectivity index (χ0n) is 10.4. The van der Waals surface area contributed by atoms with Crippen molar-refractivity contribution in [3.05, 3.63) is 29.8 Å². The molecule has 2 aromatic rings. The Morgan fingerprint density at radius 1 is 1.39 bits per heavy atom. The summed E-state index contributed by atoms with van der Waals surface area (Å²) in [4.78, 5) is 1.45. The topological polar surface area (TPSA) is 63.8 Å². The van der Waals surface area contributed by atoms with E-state index in [-0.39, 0.29) is 0 Å². The van der Waals surface area contributed by atoms with E-state index < -0.39 is 6.10 Å². The molecular weight excluding hydrogens is 248 g/mol. The van der Waals surface area contributed by atoms with Crippen molar-refractivity contribution in [2.45, 2.75) is 19.6 Å². The number of aryl methyl sites for hydroxylation is 1. The first-order valence-electron chi connectivity index (χ1n) is 5.71. The van der Waals surface area contributed by atoms with E-state index in [4.69, 9.17) is 0 Å². The van der Waals surface area contributed by atoms with Crippen LogP contribution < -0.4 is 0 Å². The summed E-state index contributed by atoms with van der Waals surface area (Å²) in [5.74, 6) is 1.27. The Kier molecular flexibility index (Phi) is 4.33. The van der Waals surface area contributed by atoms with Gasteiger partial charge in [-0.15, -0.1) is 10.2 Å². The van der Waals surface area contributed by atoms with E-state index in [0.29, 0.717) is 18.1 Å². The van der Waals surface area contributed by atoms with Crippen LogP contribution in [0.3, 0.4) is 0 Å². The van der Waals surface area contributed by atoms with Crippen LogP contribution in [-0.4, -0.2) is 43.4 Å². The van der Waals surface area contributed by atoms with Crippen molar-refractivity contribution >= 4 is 11.8 Å². The summed E-state index contributed by atoms with van der Waals surface area (Å²) in [5, 5.41) is 22.0. The third-order valence-electron chi connectivity index (χ3n) is 2.57. The molecule has 18 heavy (non-hydrogen) atoms. The largest absolute Gasteiger partial charge is 0.390 e. The molecule has 1 N–H and O–H groups in total. The normalized spacial score (nSPS) is 12.6. The predicted molar refractivity (Wildman–Crippen MR) is 72.4 cm³/mol. The minimum atomic E-state index is -0.445. The molecule has 96 valence electrons. The van der Waals surface area contributed by atoms with Gasteiger partial charge < -0.3 is 5.11 Å². The van der Waals surface area contributed by atoms with Crippen LogP contribution in [0.15, 0.2) is 24.3 Å². The van der Waals surface area contributed by atoms with Gasteiger partial charge in [-0.2, -0.15) is 16.6 Å². The highest BCUT2D eigenvalue weighted by atomic mass is 32.2. The van der Waals surface area contributed by atoms with Gasteiger partial charge in [-0.05, 0) is 24.0 Å².